The number of esters is 1. The molecule has 0 N–H and O–H groups in total. The molecule has 0 aromatic heterocycles. The standard InChI is InChI=1S/C25H29ClN2O5/c1-4-33-25(30)24(19-7-9-20(26)10-8-19)28-15-13-27(14-16-28)23(29)12-6-18-5-11-21(31-2)22(17-18)32-3/h5-12,17,24H,4,13-16H2,1-3H3. The molecule has 33 heavy (non-hydrogen) atoms. The maximum absolute atomic E-state index is 12.7. The number of piperazine rings is 1. The Balaban J connectivity index is 1.64. The molecule has 1 fully saturated rings. The predicted octanol–water partition coefficient (Wildman–Crippen LogP) is 3.82. The highest BCUT2D eigenvalue weighted by atomic mass is 35.5. The van der Waals surface area contributed by atoms with E-state index < -0.39 is 6.04 Å². The van der Waals surface area contributed by atoms with E-state index in [1.807, 2.05) is 29.2 Å². The molecule has 1 aliphatic rings. The van der Waals surface area contributed by atoms with Crippen molar-refractivity contribution >= 4 is 29.6 Å². The highest BCUT2D eigenvalue weighted by molar-refractivity contribution is 6.30. The molecule has 0 saturated carbocycles. The highest BCUT2D eigenvalue weighted by Crippen LogP contribution is 2.28. The topological polar surface area (TPSA) is 68.3 Å². The highest BCUT2D eigenvalue weighted by Gasteiger charge is 2.32. The predicted molar refractivity (Wildman–Crippen MR) is 128 cm³/mol. The quantitative estimate of drug-likeness (QED) is 0.430. The molecule has 0 spiro atoms. The molecule has 1 unspecified atom stereocenters. The van der Waals surface area contributed by atoms with Crippen LogP contribution in [0.5, 0.6) is 11.5 Å². The van der Waals surface area contributed by atoms with Crippen LogP contribution in [0.1, 0.15) is 24.1 Å². The lowest BCUT2D eigenvalue weighted by Crippen LogP contribution is -2.50. The lowest BCUT2D eigenvalue weighted by Gasteiger charge is -2.38. The summed E-state index contributed by atoms with van der Waals surface area (Å²) in [6.07, 6.45) is 3.31. The lowest BCUT2D eigenvalue weighted by molar-refractivity contribution is -0.151. The molecule has 0 aliphatic carbocycles. The number of methoxy groups -OCH3 is 2. The minimum absolute atomic E-state index is 0.0800. The van der Waals surface area contributed by atoms with Gasteiger partial charge in [0.1, 0.15) is 6.04 Å². The summed E-state index contributed by atoms with van der Waals surface area (Å²) in [5, 5.41) is 0.609. The Kier molecular flexibility index (Phi) is 8.74. The number of halogens is 1. The summed E-state index contributed by atoms with van der Waals surface area (Å²) < 4.78 is 15.9. The van der Waals surface area contributed by atoms with E-state index in [2.05, 4.69) is 0 Å². The number of benzene rings is 2. The summed E-state index contributed by atoms with van der Waals surface area (Å²) in [5.74, 6) is 0.860. The van der Waals surface area contributed by atoms with Crippen molar-refractivity contribution in [2.24, 2.45) is 0 Å². The first-order valence-corrected chi connectivity index (χ1v) is 11.2. The zero-order chi connectivity index (χ0) is 23.8. The van der Waals surface area contributed by atoms with Crippen LogP contribution in [0.15, 0.2) is 48.5 Å². The molecule has 1 aliphatic heterocycles. The molecule has 0 bridgehead atoms. The van der Waals surface area contributed by atoms with Crippen molar-refractivity contribution in [1.29, 1.82) is 0 Å². The first kappa shape index (κ1) is 24.6. The number of ether oxygens (including phenoxy) is 3. The molecule has 2 aromatic carbocycles. The number of carbonyl (C=O) groups is 2. The van der Waals surface area contributed by atoms with Gasteiger partial charge in [0.25, 0.3) is 0 Å². The summed E-state index contributed by atoms with van der Waals surface area (Å²) in [6, 6.07) is 12.2. The van der Waals surface area contributed by atoms with Crippen molar-refractivity contribution in [3.8, 4) is 11.5 Å². The van der Waals surface area contributed by atoms with Crippen molar-refractivity contribution in [3.63, 3.8) is 0 Å². The third-order valence-electron chi connectivity index (χ3n) is 5.51. The lowest BCUT2D eigenvalue weighted by atomic mass is 10.0. The fourth-order valence-electron chi connectivity index (χ4n) is 3.79. The van der Waals surface area contributed by atoms with Gasteiger partial charge in [0, 0.05) is 37.3 Å². The Morgan fingerprint density at radius 2 is 1.67 bits per heavy atom. The fraction of sp³-hybridized carbons (Fsp3) is 0.360. The van der Waals surface area contributed by atoms with Crippen molar-refractivity contribution < 1.29 is 23.8 Å². The van der Waals surface area contributed by atoms with Crippen LogP contribution >= 0.6 is 11.6 Å². The minimum Gasteiger partial charge on any atom is -0.493 e. The molecule has 1 atom stereocenters. The van der Waals surface area contributed by atoms with Gasteiger partial charge in [0.2, 0.25) is 5.91 Å². The molecule has 0 radical (unpaired) electrons. The van der Waals surface area contributed by atoms with Crippen LogP contribution in [0, 0.1) is 0 Å². The van der Waals surface area contributed by atoms with Crippen LogP contribution < -0.4 is 9.47 Å². The van der Waals surface area contributed by atoms with Crippen molar-refractivity contribution in [2.75, 3.05) is 47.0 Å². The first-order valence-electron chi connectivity index (χ1n) is 10.8. The van der Waals surface area contributed by atoms with E-state index in [0.29, 0.717) is 49.3 Å². The second-order valence-electron chi connectivity index (χ2n) is 7.52. The van der Waals surface area contributed by atoms with Crippen LogP contribution in [-0.4, -0.2) is 68.7 Å². The summed E-state index contributed by atoms with van der Waals surface area (Å²) in [7, 11) is 3.15. The van der Waals surface area contributed by atoms with E-state index in [4.69, 9.17) is 25.8 Å². The van der Waals surface area contributed by atoms with Crippen LogP contribution in [0.2, 0.25) is 5.02 Å². The van der Waals surface area contributed by atoms with Gasteiger partial charge >= 0.3 is 5.97 Å². The second kappa shape index (κ2) is 11.7. The molecular formula is C25H29ClN2O5. The summed E-state index contributed by atoms with van der Waals surface area (Å²) in [5.41, 5.74) is 1.66. The number of hydrogen-bond donors (Lipinski definition) is 0. The molecule has 1 heterocycles. The third-order valence-corrected chi connectivity index (χ3v) is 5.76. The zero-order valence-corrected chi connectivity index (χ0v) is 19.9. The number of carbonyl (C=O) groups excluding carboxylic acids is 2. The summed E-state index contributed by atoms with van der Waals surface area (Å²) >= 11 is 6.01. The maximum atomic E-state index is 12.7. The smallest absolute Gasteiger partial charge is 0.328 e. The minimum atomic E-state index is -0.526. The van der Waals surface area contributed by atoms with Crippen molar-refractivity contribution in [3.05, 3.63) is 64.7 Å². The largest absolute Gasteiger partial charge is 0.493 e. The SMILES string of the molecule is CCOC(=O)C(c1ccc(Cl)cc1)N1CCN(C(=O)C=Cc2ccc(OC)c(OC)c2)CC1. The van der Waals surface area contributed by atoms with Crippen LogP contribution in [0.4, 0.5) is 0 Å². The molecule has 8 heteroatoms. The van der Waals surface area contributed by atoms with Gasteiger partial charge in [-0.1, -0.05) is 29.8 Å². The summed E-state index contributed by atoms with van der Waals surface area (Å²) in [4.78, 5) is 29.2. The molecule has 176 valence electrons. The van der Waals surface area contributed by atoms with Gasteiger partial charge in [-0.25, -0.2) is 4.79 Å². The molecule has 3 rings (SSSR count). The van der Waals surface area contributed by atoms with Gasteiger partial charge in [-0.2, -0.15) is 0 Å². The van der Waals surface area contributed by atoms with Gasteiger partial charge in [0.15, 0.2) is 11.5 Å². The van der Waals surface area contributed by atoms with E-state index in [0.717, 1.165) is 11.1 Å². The van der Waals surface area contributed by atoms with Crippen molar-refractivity contribution in [2.45, 2.75) is 13.0 Å². The average Bonchev–Trinajstić information content (AvgIpc) is 2.84. The van der Waals surface area contributed by atoms with Crippen LogP contribution in [-0.2, 0) is 14.3 Å². The van der Waals surface area contributed by atoms with Gasteiger partial charge in [0.05, 0.1) is 20.8 Å². The molecule has 1 saturated heterocycles. The third kappa shape index (κ3) is 6.27. The molecule has 7 nitrogen and oxygen atoms in total. The average molecular weight is 473 g/mol. The monoisotopic (exact) mass is 472 g/mol. The van der Waals surface area contributed by atoms with Gasteiger partial charge in [-0.3, -0.25) is 9.69 Å². The molecular weight excluding hydrogens is 444 g/mol. The first-order chi connectivity index (χ1) is 16.0. The Morgan fingerprint density at radius 3 is 2.27 bits per heavy atom. The van der Waals surface area contributed by atoms with Gasteiger partial charge < -0.3 is 19.1 Å². The van der Waals surface area contributed by atoms with E-state index >= 15 is 0 Å². The Labute approximate surface area is 199 Å². The number of rotatable bonds is 8. The normalized spacial score (nSPS) is 15.3. The number of amides is 1. The Hall–Kier alpha value is -3.03. The second-order valence-corrected chi connectivity index (χ2v) is 7.95. The van der Waals surface area contributed by atoms with Crippen LogP contribution in [0.25, 0.3) is 6.08 Å². The van der Waals surface area contributed by atoms with E-state index in [1.54, 1.807) is 56.4 Å². The van der Waals surface area contributed by atoms with Gasteiger partial charge in [-0.05, 0) is 48.4 Å². The molecule has 1 amide bonds. The van der Waals surface area contributed by atoms with Gasteiger partial charge in [-0.15, -0.1) is 0 Å². The number of hydrogen-bond acceptors (Lipinski definition) is 6. The van der Waals surface area contributed by atoms with E-state index in [-0.39, 0.29) is 11.9 Å². The fourth-order valence-corrected chi connectivity index (χ4v) is 3.92. The Bertz CT molecular complexity index is 985. The number of nitrogens with zero attached hydrogens (tertiary/aromatic N) is 2. The van der Waals surface area contributed by atoms with E-state index in [9.17, 15) is 9.59 Å². The summed E-state index contributed by atoms with van der Waals surface area (Å²) in [6.45, 7) is 4.24. The van der Waals surface area contributed by atoms with Crippen molar-refractivity contribution in [1.82, 2.24) is 9.80 Å². The molecule has 2 aromatic rings. The maximum Gasteiger partial charge on any atom is 0.328 e. The van der Waals surface area contributed by atoms with E-state index in [1.165, 1.54) is 0 Å². The van der Waals surface area contributed by atoms with Crippen LogP contribution in [0.3, 0.4) is 0 Å². The Morgan fingerprint density at radius 1 is 1.00 bits per heavy atom. The zero-order valence-electron chi connectivity index (χ0n) is 19.1.